The van der Waals surface area contributed by atoms with E-state index in [1.54, 1.807) is 6.07 Å². The Morgan fingerprint density at radius 3 is 2.57 bits per heavy atom. The summed E-state index contributed by atoms with van der Waals surface area (Å²) in [6, 6.07) is 8.59. The zero-order valence-electron chi connectivity index (χ0n) is 11.2. The van der Waals surface area contributed by atoms with Gasteiger partial charge in [-0.15, -0.1) is 0 Å². The summed E-state index contributed by atoms with van der Waals surface area (Å²) in [7, 11) is 0. The molecule has 23 heavy (non-hydrogen) atoms. The Morgan fingerprint density at radius 1 is 1.17 bits per heavy atom. The maximum absolute atomic E-state index is 12.3. The predicted molar refractivity (Wildman–Crippen MR) is 91.6 cm³/mol. The number of nitro benzene ring substituents is 1. The van der Waals surface area contributed by atoms with Crippen molar-refractivity contribution in [3.63, 3.8) is 0 Å². The fourth-order valence-electron chi connectivity index (χ4n) is 2.18. The quantitative estimate of drug-likeness (QED) is 0.464. The van der Waals surface area contributed by atoms with Crippen LogP contribution in [0.4, 0.5) is 5.69 Å². The number of phenols is 1. The van der Waals surface area contributed by atoms with E-state index in [4.69, 9.17) is 4.42 Å². The topological polar surface area (TPSA) is 93.6 Å². The second kappa shape index (κ2) is 5.78. The van der Waals surface area contributed by atoms with Gasteiger partial charge in [-0.2, -0.15) is 0 Å². The molecular formula is C15H7Br2NO5. The molecule has 1 aromatic heterocycles. The fourth-order valence-corrected chi connectivity index (χ4v) is 3.39. The summed E-state index contributed by atoms with van der Waals surface area (Å²) < 4.78 is 6.18. The average Bonchev–Trinajstić information content (AvgIpc) is 2.53. The van der Waals surface area contributed by atoms with Gasteiger partial charge in [-0.1, -0.05) is 12.1 Å². The summed E-state index contributed by atoms with van der Waals surface area (Å²) in [5, 5.41) is 21.3. The summed E-state index contributed by atoms with van der Waals surface area (Å²) in [6.07, 6.45) is 0. The van der Waals surface area contributed by atoms with Crippen LogP contribution in [0.2, 0.25) is 0 Å². The van der Waals surface area contributed by atoms with Gasteiger partial charge in [0.1, 0.15) is 16.0 Å². The largest absolute Gasteiger partial charge is 0.505 e. The molecule has 0 unspecified atom stereocenters. The molecule has 1 N–H and O–H groups in total. The highest BCUT2D eigenvalue weighted by Gasteiger charge is 2.20. The molecule has 0 radical (unpaired) electrons. The smallest absolute Gasteiger partial charge is 0.280 e. The third kappa shape index (κ3) is 2.64. The Kier molecular flexibility index (Phi) is 3.95. The number of halogens is 2. The molecule has 0 amide bonds. The van der Waals surface area contributed by atoms with Gasteiger partial charge >= 0.3 is 0 Å². The van der Waals surface area contributed by atoms with Gasteiger partial charge in [0.25, 0.3) is 5.69 Å². The maximum atomic E-state index is 12.3. The monoisotopic (exact) mass is 439 g/mol. The molecule has 0 saturated heterocycles. The lowest BCUT2D eigenvalue weighted by molar-refractivity contribution is -0.384. The molecule has 0 aliphatic carbocycles. The zero-order chi connectivity index (χ0) is 16.7. The Morgan fingerprint density at radius 2 is 1.87 bits per heavy atom. The van der Waals surface area contributed by atoms with Gasteiger partial charge in [0.05, 0.1) is 20.3 Å². The summed E-state index contributed by atoms with van der Waals surface area (Å²) >= 11 is 6.32. The minimum absolute atomic E-state index is 0.0530. The van der Waals surface area contributed by atoms with Crippen LogP contribution in [0.25, 0.3) is 22.3 Å². The van der Waals surface area contributed by atoms with E-state index in [1.807, 2.05) is 0 Å². The standard InChI is InChI=1S/C15H7Br2NO5/c16-9-5-8-11(19)6-12(23-15(8)13(17)14(9)20)7-3-1-2-4-10(7)18(21)22/h1-6,20H. The minimum Gasteiger partial charge on any atom is -0.505 e. The Bertz CT molecular complexity index is 1010. The lowest BCUT2D eigenvalue weighted by Crippen LogP contribution is -2.02. The number of aromatic hydroxyl groups is 1. The van der Waals surface area contributed by atoms with Crippen molar-refractivity contribution in [3.05, 3.63) is 65.7 Å². The van der Waals surface area contributed by atoms with E-state index >= 15 is 0 Å². The lowest BCUT2D eigenvalue weighted by atomic mass is 10.1. The number of benzene rings is 2. The van der Waals surface area contributed by atoms with Gasteiger partial charge in [-0.05, 0) is 44.0 Å². The molecule has 3 rings (SSSR count). The molecule has 1 heterocycles. The minimum atomic E-state index is -0.548. The van der Waals surface area contributed by atoms with Crippen LogP contribution >= 0.6 is 31.9 Å². The van der Waals surface area contributed by atoms with Crippen LogP contribution in [0.5, 0.6) is 5.75 Å². The number of nitro groups is 1. The lowest BCUT2D eigenvalue weighted by Gasteiger charge is -2.07. The van der Waals surface area contributed by atoms with Crippen molar-refractivity contribution >= 4 is 48.5 Å². The van der Waals surface area contributed by atoms with Crippen LogP contribution in [-0.4, -0.2) is 10.0 Å². The Balaban J connectivity index is 2.38. The van der Waals surface area contributed by atoms with Gasteiger partial charge in [0.2, 0.25) is 0 Å². The van der Waals surface area contributed by atoms with E-state index in [0.29, 0.717) is 4.47 Å². The van der Waals surface area contributed by atoms with Crippen molar-refractivity contribution < 1.29 is 14.4 Å². The van der Waals surface area contributed by atoms with E-state index in [2.05, 4.69) is 31.9 Å². The number of para-hydroxylation sites is 1. The SMILES string of the molecule is O=c1cc(-c2ccccc2[N+](=O)[O-])oc2c(Br)c(O)c(Br)cc12. The second-order valence-electron chi connectivity index (χ2n) is 4.65. The van der Waals surface area contributed by atoms with Crippen molar-refractivity contribution in [3.8, 4) is 17.1 Å². The Labute approximate surface area is 145 Å². The van der Waals surface area contributed by atoms with Crippen molar-refractivity contribution in [2.45, 2.75) is 0 Å². The summed E-state index contributed by atoms with van der Waals surface area (Å²) in [5.41, 5.74) is -0.245. The van der Waals surface area contributed by atoms with E-state index in [9.17, 15) is 20.0 Å². The van der Waals surface area contributed by atoms with Crippen LogP contribution in [0, 0.1) is 10.1 Å². The fraction of sp³-hybridized carbons (Fsp3) is 0. The molecule has 8 heteroatoms. The van der Waals surface area contributed by atoms with E-state index < -0.39 is 4.92 Å². The maximum Gasteiger partial charge on any atom is 0.280 e. The van der Waals surface area contributed by atoms with Crippen LogP contribution < -0.4 is 5.43 Å². The summed E-state index contributed by atoms with van der Waals surface area (Å²) in [5.74, 6) is -0.0717. The molecule has 6 nitrogen and oxygen atoms in total. The van der Waals surface area contributed by atoms with E-state index in [0.717, 1.165) is 0 Å². The predicted octanol–water partition coefficient (Wildman–Crippen LogP) is 4.60. The second-order valence-corrected chi connectivity index (χ2v) is 6.29. The summed E-state index contributed by atoms with van der Waals surface area (Å²) in [4.78, 5) is 22.9. The molecule has 0 fully saturated rings. The molecule has 0 atom stereocenters. The molecule has 0 bridgehead atoms. The van der Waals surface area contributed by atoms with Gasteiger partial charge in [-0.3, -0.25) is 14.9 Å². The number of rotatable bonds is 2. The van der Waals surface area contributed by atoms with Crippen molar-refractivity contribution in [1.82, 2.24) is 0 Å². The molecule has 2 aromatic carbocycles. The molecule has 0 saturated carbocycles. The highest BCUT2D eigenvalue weighted by molar-refractivity contribution is 9.11. The first-order valence-electron chi connectivity index (χ1n) is 6.28. The number of phenolic OH excluding ortho intramolecular Hbond substituents is 1. The van der Waals surface area contributed by atoms with Crippen molar-refractivity contribution in [1.29, 1.82) is 0 Å². The normalized spacial score (nSPS) is 10.9. The summed E-state index contributed by atoms with van der Waals surface area (Å²) in [6.45, 7) is 0. The third-order valence-electron chi connectivity index (χ3n) is 3.26. The average molecular weight is 441 g/mol. The number of hydrogen-bond acceptors (Lipinski definition) is 5. The van der Waals surface area contributed by atoms with Crippen LogP contribution in [0.15, 0.2) is 54.6 Å². The van der Waals surface area contributed by atoms with Crippen LogP contribution in [0.3, 0.4) is 0 Å². The van der Waals surface area contributed by atoms with E-state index in [-0.39, 0.29) is 43.6 Å². The van der Waals surface area contributed by atoms with Crippen molar-refractivity contribution in [2.75, 3.05) is 0 Å². The number of fused-ring (bicyclic) bond motifs is 1. The molecule has 116 valence electrons. The molecule has 3 aromatic rings. The Hall–Kier alpha value is -2.19. The first-order chi connectivity index (χ1) is 10.9. The third-order valence-corrected chi connectivity index (χ3v) is 4.60. The number of nitrogens with zero attached hydrogens (tertiary/aromatic N) is 1. The van der Waals surface area contributed by atoms with E-state index in [1.165, 1.54) is 30.3 Å². The molecule has 0 spiro atoms. The molecular weight excluding hydrogens is 434 g/mol. The van der Waals surface area contributed by atoms with Gasteiger partial charge in [0, 0.05) is 12.1 Å². The zero-order valence-corrected chi connectivity index (χ0v) is 14.4. The van der Waals surface area contributed by atoms with Crippen LogP contribution in [0.1, 0.15) is 0 Å². The van der Waals surface area contributed by atoms with Gasteiger partial charge < -0.3 is 9.52 Å². The van der Waals surface area contributed by atoms with Crippen LogP contribution in [-0.2, 0) is 0 Å². The van der Waals surface area contributed by atoms with Gasteiger partial charge in [-0.25, -0.2) is 0 Å². The number of hydrogen-bond donors (Lipinski definition) is 1. The highest BCUT2D eigenvalue weighted by atomic mass is 79.9. The molecule has 0 aliphatic heterocycles. The first-order valence-corrected chi connectivity index (χ1v) is 7.87. The highest BCUT2D eigenvalue weighted by Crippen LogP contribution is 2.39. The molecule has 0 aliphatic rings. The van der Waals surface area contributed by atoms with Gasteiger partial charge in [0.15, 0.2) is 11.0 Å². The first kappa shape index (κ1) is 15.7. The van der Waals surface area contributed by atoms with Crippen molar-refractivity contribution in [2.24, 2.45) is 0 Å².